The van der Waals surface area contributed by atoms with Gasteiger partial charge in [-0.05, 0) is 25.1 Å². The number of carbonyl (C=O) groups excluding carboxylic acids is 1. The van der Waals surface area contributed by atoms with Crippen LogP contribution in [0.15, 0.2) is 36.0 Å². The lowest BCUT2D eigenvalue weighted by molar-refractivity contribution is -0.137. The Labute approximate surface area is 189 Å². The Morgan fingerprint density at radius 1 is 1.25 bits per heavy atom. The van der Waals surface area contributed by atoms with Gasteiger partial charge in [0.05, 0.1) is 36.2 Å². The summed E-state index contributed by atoms with van der Waals surface area (Å²) in [5.41, 5.74) is 3.79. The van der Waals surface area contributed by atoms with Crippen molar-refractivity contribution >= 4 is 25.4 Å². The molecule has 32 heavy (non-hydrogen) atoms. The predicted molar refractivity (Wildman–Crippen MR) is 120 cm³/mol. The zero-order chi connectivity index (χ0) is 23.5. The van der Waals surface area contributed by atoms with Gasteiger partial charge in [-0.3, -0.25) is 4.68 Å². The molecule has 2 aromatic heterocycles. The van der Waals surface area contributed by atoms with Crippen molar-refractivity contribution in [2.45, 2.75) is 39.3 Å². The van der Waals surface area contributed by atoms with Crippen LogP contribution in [0.1, 0.15) is 33.4 Å². The van der Waals surface area contributed by atoms with E-state index in [0.717, 1.165) is 12.1 Å². The number of alkyl halides is 3. The Bertz CT molecular complexity index is 1180. The van der Waals surface area contributed by atoms with Crippen LogP contribution in [0.5, 0.6) is 0 Å². The minimum atomic E-state index is -4.48. The number of thiazole rings is 1. The number of hydrogen-bond acceptors (Lipinski definition) is 5. The molecule has 0 saturated carbocycles. The summed E-state index contributed by atoms with van der Waals surface area (Å²) in [5, 5.41) is 6.47. The van der Waals surface area contributed by atoms with E-state index in [1.54, 1.807) is 24.6 Å². The lowest BCUT2D eigenvalue weighted by atomic mass is 10.0. The molecule has 0 atom stereocenters. The highest BCUT2D eigenvalue weighted by atomic mass is 32.1. The molecular formula is C22H22F3N3O2SSi. The number of aromatic nitrogens is 3. The number of carbonyl (C=O) groups is 1. The summed E-state index contributed by atoms with van der Waals surface area (Å²) in [6, 6.07) is 3.80. The van der Waals surface area contributed by atoms with Crippen molar-refractivity contribution in [2.75, 3.05) is 6.61 Å². The van der Waals surface area contributed by atoms with Crippen LogP contribution in [0.25, 0.3) is 11.3 Å². The van der Waals surface area contributed by atoms with Crippen LogP contribution >= 0.6 is 11.3 Å². The van der Waals surface area contributed by atoms with Gasteiger partial charge in [-0.1, -0.05) is 25.6 Å². The molecule has 0 aliphatic carbocycles. The van der Waals surface area contributed by atoms with Crippen molar-refractivity contribution in [3.05, 3.63) is 57.7 Å². The molecule has 0 spiro atoms. The smallest absolute Gasteiger partial charge is 0.416 e. The third kappa shape index (κ3) is 6.31. The average molecular weight is 478 g/mol. The highest BCUT2D eigenvalue weighted by Crippen LogP contribution is 2.34. The lowest BCUT2D eigenvalue weighted by Crippen LogP contribution is -2.16. The third-order valence-electron chi connectivity index (χ3n) is 4.13. The minimum Gasteiger partial charge on any atom is -0.462 e. The van der Waals surface area contributed by atoms with Crippen molar-refractivity contribution in [1.82, 2.24) is 14.8 Å². The van der Waals surface area contributed by atoms with E-state index < -0.39 is 25.8 Å². The standard InChI is InChI=1S/C22H22F3N3O2SSi/c1-5-30-21(29)17-11-26-28(12-17)13-20-27-19(14-31-20)16-8-15(6-7-32(2,3)4)9-18(10-16)22(23,24)25/h8-12,14H,5,13H2,1-4H3. The first-order valence-corrected chi connectivity index (χ1v) is 14.2. The topological polar surface area (TPSA) is 57.0 Å². The summed E-state index contributed by atoms with van der Waals surface area (Å²) < 4.78 is 46.8. The predicted octanol–water partition coefficient (Wildman–Crippen LogP) is 5.48. The zero-order valence-electron chi connectivity index (χ0n) is 18.1. The van der Waals surface area contributed by atoms with Gasteiger partial charge in [0.15, 0.2) is 0 Å². The Kier molecular flexibility index (Phi) is 6.90. The molecule has 5 nitrogen and oxygen atoms in total. The van der Waals surface area contributed by atoms with Gasteiger partial charge >= 0.3 is 12.1 Å². The monoisotopic (exact) mass is 477 g/mol. The fraction of sp³-hybridized carbons (Fsp3) is 0.318. The van der Waals surface area contributed by atoms with Crippen LogP contribution < -0.4 is 0 Å². The Morgan fingerprint density at radius 3 is 2.66 bits per heavy atom. The first-order chi connectivity index (χ1) is 14.9. The third-order valence-corrected chi connectivity index (χ3v) is 5.84. The fourth-order valence-electron chi connectivity index (χ4n) is 2.70. The molecule has 1 aromatic carbocycles. The van der Waals surface area contributed by atoms with E-state index in [2.05, 4.69) is 21.5 Å². The molecule has 168 valence electrons. The van der Waals surface area contributed by atoms with Gasteiger partial charge < -0.3 is 4.74 Å². The number of nitrogens with zero attached hydrogens (tertiary/aromatic N) is 3. The van der Waals surface area contributed by atoms with Gasteiger partial charge in [0, 0.05) is 22.7 Å². The lowest BCUT2D eigenvalue weighted by Gasteiger charge is -2.10. The summed E-state index contributed by atoms with van der Waals surface area (Å²) in [5.74, 6) is 2.44. The van der Waals surface area contributed by atoms with Crippen molar-refractivity contribution in [1.29, 1.82) is 0 Å². The van der Waals surface area contributed by atoms with E-state index in [4.69, 9.17) is 4.74 Å². The van der Waals surface area contributed by atoms with Gasteiger partial charge in [0.25, 0.3) is 0 Å². The number of rotatable bonds is 5. The molecule has 3 rings (SSSR count). The largest absolute Gasteiger partial charge is 0.462 e. The quantitative estimate of drug-likeness (QED) is 0.277. The highest BCUT2D eigenvalue weighted by Gasteiger charge is 2.31. The van der Waals surface area contributed by atoms with E-state index in [1.807, 2.05) is 19.6 Å². The van der Waals surface area contributed by atoms with Crippen molar-refractivity contribution < 1.29 is 22.7 Å². The van der Waals surface area contributed by atoms with Gasteiger partial charge in [-0.2, -0.15) is 18.3 Å². The first kappa shape index (κ1) is 23.8. The van der Waals surface area contributed by atoms with Gasteiger partial charge in [0.1, 0.15) is 13.1 Å². The maximum Gasteiger partial charge on any atom is 0.416 e. The molecular weight excluding hydrogens is 455 g/mol. The summed E-state index contributed by atoms with van der Waals surface area (Å²) in [6.07, 6.45) is -1.53. The van der Waals surface area contributed by atoms with Crippen LogP contribution in [0.2, 0.25) is 19.6 Å². The van der Waals surface area contributed by atoms with Gasteiger partial charge in [-0.15, -0.1) is 16.9 Å². The summed E-state index contributed by atoms with van der Waals surface area (Å²) in [6.45, 7) is 8.36. The average Bonchev–Trinajstić information content (AvgIpc) is 3.35. The SMILES string of the molecule is CCOC(=O)c1cnn(Cc2nc(-c3cc(C#C[Si](C)(C)C)cc(C(F)(F)F)c3)cs2)c1. The summed E-state index contributed by atoms with van der Waals surface area (Å²) in [7, 11) is -1.75. The molecule has 10 heteroatoms. The zero-order valence-corrected chi connectivity index (χ0v) is 19.9. The number of halogens is 3. The van der Waals surface area contributed by atoms with Crippen LogP contribution in [-0.4, -0.2) is 35.4 Å². The van der Waals surface area contributed by atoms with Crippen LogP contribution in [-0.2, 0) is 17.5 Å². The minimum absolute atomic E-state index is 0.265. The molecule has 0 aliphatic rings. The number of esters is 1. The second-order valence-corrected chi connectivity index (χ2v) is 13.8. The van der Waals surface area contributed by atoms with Gasteiger partial charge in [-0.25, -0.2) is 9.78 Å². The van der Waals surface area contributed by atoms with Crippen LogP contribution in [0.3, 0.4) is 0 Å². The van der Waals surface area contributed by atoms with E-state index >= 15 is 0 Å². The van der Waals surface area contributed by atoms with Crippen LogP contribution in [0.4, 0.5) is 13.2 Å². The van der Waals surface area contributed by atoms with Crippen molar-refractivity contribution in [3.63, 3.8) is 0 Å². The fourth-order valence-corrected chi connectivity index (χ4v) is 4.01. The van der Waals surface area contributed by atoms with E-state index in [9.17, 15) is 18.0 Å². The maximum atomic E-state index is 13.4. The molecule has 3 aromatic rings. The molecule has 0 fully saturated rings. The molecule has 0 radical (unpaired) electrons. The number of benzene rings is 1. The Morgan fingerprint density at radius 2 is 2.00 bits per heavy atom. The second kappa shape index (κ2) is 9.30. The Hall–Kier alpha value is -2.90. The normalized spacial score (nSPS) is 11.7. The van der Waals surface area contributed by atoms with Gasteiger partial charge in [0.2, 0.25) is 0 Å². The Balaban J connectivity index is 1.89. The summed E-state index contributed by atoms with van der Waals surface area (Å²) in [4.78, 5) is 16.2. The summed E-state index contributed by atoms with van der Waals surface area (Å²) >= 11 is 1.31. The highest BCUT2D eigenvalue weighted by molar-refractivity contribution is 7.09. The first-order valence-electron chi connectivity index (χ1n) is 9.84. The number of hydrogen-bond donors (Lipinski definition) is 0. The number of ether oxygens (including phenoxy) is 1. The molecule has 0 bridgehead atoms. The van der Waals surface area contributed by atoms with Crippen LogP contribution in [0, 0.1) is 11.5 Å². The molecule has 0 saturated heterocycles. The van der Waals surface area contributed by atoms with Crippen molar-refractivity contribution in [2.24, 2.45) is 0 Å². The van der Waals surface area contributed by atoms with E-state index in [-0.39, 0.29) is 13.2 Å². The maximum absolute atomic E-state index is 13.4. The molecule has 0 unspecified atom stereocenters. The molecule has 0 amide bonds. The molecule has 0 N–H and O–H groups in total. The second-order valence-electron chi connectivity index (χ2n) is 8.07. The molecule has 0 aliphatic heterocycles. The van der Waals surface area contributed by atoms with E-state index in [0.29, 0.717) is 27.4 Å². The molecule has 2 heterocycles. The van der Waals surface area contributed by atoms with Crippen molar-refractivity contribution in [3.8, 4) is 22.7 Å². The van der Waals surface area contributed by atoms with E-state index in [1.165, 1.54) is 22.2 Å².